The van der Waals surface area contributed by atoms with Crippen LogP contribution in [-0.4, -0.2) is 14.4 Å². The van der Waals surface area contributed by atoms with Crippen LogP contribution in [0.25, 0.3) is 0 Å². The summed E-state index contributed by atoms with van der Waals surface area (Å²) in [4.78, 5) is -0.985. The zero-order chi connectivity index (χ0) is 13.3. The highest BCUT2D eigenvalue weighted by molar-refractivity contribution is 7.90. The molecule has 0 aromatic heterocycles. The molecule has 0 radical (unpaired) electrons. The van der Waals surface area contributed by atoms with Crippen molar-refractivity contribution in [2.24, 2.45) is 15.9 Å². The van der Waals surface area contributed by atoms with E-state index >= 15 is 0 Å². The van der Waals surface area contributed by atoms with Crippen LogP contribution in [0.4, 0.5) is 13.2 Å². The van der Waals surface area contributed by atoms with Crippen LogP contribution in [0.2, 0.25) is 0 Å². The van der Waals surface area contributed by atoms with E-state index in [1.165, 1.54) is 0 Å². The maximum absolute atomic E-state index is 12.5. The predicted octanol–water partition coefficient (Wildman–Crippen LogP) is 0.668. The molecule has 4 N–H and O–H groups in total. The van der Waals surface area contributed by atoms with Crippen molar-refractivity contribution < 1.29 is 21.6 Å². The minimum absolute atomic E-state index is 0.634. The summed E-state index contributed by atoms with van der Waals surface area (Å²) in [5.74, 6) is -0.832. The summed E-state index contributed by atoms with van der Waals surface area (Å²) in [7, 11) is -4.56. The number of hydrogen-bond donors (Lipinski definition) is 2. The van der Waals surface area contributed by atoms with E-state index in [0.717, 1.165) is 18.2 Å². The Kier molecular flexibility index (Phi) is 3.32. The minimum Gasteiger partial charge on any atom is -0.369 e. The summed E-state index contributed by atoms with van der Waals surface area (Å²) >= 11 is 0. The quantitative estimate of drug-likeness (QED) is 0.607. The first-order valence-corrected chi connectivity index (χ1v) is 5.61. The van der Waals surface area contributed by atoms with Crippen molar-refractivity contribution in [1.82, 2.24) is 0 Å². The first kappa shape index (κ1) is 13.3. The Morgan fingerprint density at radius 1 is 1.18 bits per heavy atom. The molecule has 0 saturated carbocycles. The SMILES string of the molecule is NC(N)=NS(=O)(=O)c1ccccc1C(F)(F)F. The van der Waals surface area contributed by atoms with Gasteiger partial charge in [0.1, 0.15) is 4.90 Å². The third-order valence-electron chi connectivity index (χ3n) is 1.70. The summed E-state index contributed by atoms with van der Waals surface area (Å²) in [6, 6.07) is 3.63. The third-order valence-corrected chi connectivity index (χ3v) is 3.06. The van der Waals surface area contributed by atoms with Gasteiger partial charge in [-0.1, -0.05) is 12.1 Å². The average Bonchev–Trinajstić information content (AvgIpc) is 2.14. The van der Waals surface area contributed by atoms with Crippen LogP contribution in [0.1, 0.15) is 5.56 Å². The van der Waals surface area contributed by atoms with Crippen LogP contribution in [0.15, 0.2) is 33.6 Å². The summed E-state index contributed by atoms with van der Waals surface area (Å²) in [6.45, 7) is 0. The van der Waals surface area contributed by atoms with Gasteiger partial charge in [0.2, 0.25) is 5.96 Å². The van der Waals surface area contributed by atoms with Gasteiger partial charge in [0, 0.05) is 0 Å². The molecule has 1 aromatic rings. The van der Waals surface area contributed by atoms with E-state index in [4.69, 9.17) is 11.5 Å². The number of hydrogen-bond acceptors (Lipinski definition) is 2. The number of alkyl halides is 3. The molecule has 0 saturated heterocycles. The topological polar surface area (TPSA) is 98.5 Å². The Morgan fingerprint density at radius 3 is 2.18 bits per heavy atom. The number of nitrogens with two attached hydrogens (primary N) is 2. The van der Waals surface area contributed by atoms with Crippen molar-refractivity contribution in [3.05, 3.63) is 29.8 Å². The van der Waals surface area contributed by atoms with Gasteiger partial charge in [-0.3, -0.25) is 0 Å². The van der Waals surface area contributed by atoms with Crippen LogP contribution < -0.4 is 11.5 Å². The smallest absolute Gasteiger partial charge is 0.369 e. The molecule has 0 aliphatic rings. The molecule has 5 nitrogen and oxygen atoms in total. The third kappa shape index (κ3) is 3.09. The van der Waals surface area contributed by atoms with Gasteiger partial charge in [-0.05, 0) is 12.1 Å². The van der Waals surface area contributed by atoms with Crippen molar-refractivity contribution >= 4 is 16.0 Å². The Bertz CT molecular complexity index is 547. The number of nitrogens with zero attached hydrogens (tertiary/aromatic N) is 1. The first-order chi connectivity index (χ1) is 7.64. The molecule has 0 unspecified atom stereocenters. The van der Waals surface area contributed by atoms with Gasteiger partial charge in [0.05, 0.1) is 5.56 Å². The van der Waals surface area contributed by atoms with E-state index in [9.17, 15) is 21.6 Å². The Balaban J connectivity index is 3.49. The Morgan fingerprint density at radius 2 is 1.71 bits per heavy atom. The average molecular weight is 267 g/mol. The van der Waals surface area contributed by atoms with Crippen molar-refractivity contribution in [3.8, 4) is 0 Å². The largest absolute Gasteiger partial charge is 0.417 e. The van der Waals surface area contributed by atoms with E-state index in [-0.39, 0.29) is 0 Å². The second-order valence-electron chi connectivity index (χ2n) is 2.99. The molecule has 0 aliphatic carbocycles. The van der Waals surface area contributed by atoms with Crippen LogP contribution in [0.5, 0.6) is 0 Å². The van der Waals surface area contributed by atoms with Gasteiger partial charge in [0.15, 0.2) is 0 Å². The Labute approximate surface area is 95.0 Å². The molecule has 17 heavy (non-hydrogen) atoms. The fourth-order valence-corrected chi connectivity index (χ4v) is 2.20. The number of rotatable bonds is 2. The predicted molar refractivity (Wildman–Crippen MR) is 54.4 cm³/mol. The Hall–Kier alpha value is -1.77. The van der Waals surface area contributed by atoms with Gasteiger partial charge in [-0.25, -0.2) is 0 Å². The molecule has 0 amide bonds. The standard InChI is InChI=1S/C8H8F3N3O2S/c9-8(10,11)5-3-1-2-4-6(5)17(15,16)14-7(12)13/h1-4H,(H4,12,13,14). The zero-order valence-electron chi connectivity index (χ0n) is 8.27. The highest BCUT2D eigenvalue weighted by Crippen LogP contribution is 2.34. The highest BCUT2D eigenvalue weighted by Gasteiger charge is 2.36. The summed E-state index contributed by atoms with van der Waals surface area (Å²) in [5.41, 5.74) is 8.37. The molecule has 0 bridgehead atoms. The number of halogens is 3. The fourth-order valence-electron chi connectivity index (χ4n) is 1.11. The summed E-state index contributed by atoms with van der Waals surface area (Å²) < 4.78 is 63.3. The molecule has 0 atom stereocenters. The van der Waals surface area contributed by atoms with E-state index in [1.807, 2.05) is 0 Å². The second kappa shape index (κ2) is 4.24. The molecule has 0 aliphatic heterocycles. The maximum Gasteiger partial charge on any atom is 0.417 e. The van der Waals surface area contributed by atoms with E-state index in [0.29, 0.717) is 6.07 Å². The van der Waals surface area contributed by atoms with Crippen molar-refractivity contribution in [3.63, 3.8) is 0 Å². The lowest BCUT2D eigenvalue weighted by atomic mass is 10.2. The molecule has 9 heteroatoms. The van der Waals surface area contributed by atoms with E-state index < -0.39 is 32.6 Å². The fraction of sp³-hybridized carbons (Fsp3) is 0.125. The van der Waals surface area contributed by atoms with Crippen molar-refractivity contribution in [2.75, 3.05) is 0 Å². The van der Waals surface area contributed by atoms with Gasteiger partial charge >= 0.3 is 6.18 Å². The van der Waals surface area contributed by atoms with E-state index in [1.54, 1.807) is 0 Å². The first-order valence-electron chi connectivity index (χ1n) is 4.17. The lowest BCUT2D eigenvalue weighted by Gasteiger charge is -2.10. The number of guanidine groups is 1. The molecule has 0 spiro atoms. The molecule has 0 fully saturated rings. The minimum atomic E-state index is -4.80. The van der Waals surface area contributed by atoms with Crippen molar-refractivity contribution in [2.45, 2.75) is 11.1 Å². The van der Waals surface area contributed by atoms with Crippen LogP contribution >= 0.6 is 0 Å². The molecule has 1 aromatic carbocycles. The van der Waals surface area contributed by atoms with Gasteiger partial charge in [-0.2, -0.15) is 21.6 Å². The lowest BCUT2D eigenvalue weighted by molar-refractivity contribution is -0.139. The molecule has 1 rings (SSSR count). The molecular weight excluding hydrogens is 259 g/mol. The molecule has 94 valence electrons. The summed E-state index contributed by atoms with van der Waals surface area (Å²) in [6.07, 6.45) is -4.80. The maximum atomic E-state index is 12.5. The van der Waals surface area contributed by atoms with Gasteiger partial charge in [0.25, 0.3) is 10.0 Å². The van der Waals surface area contributed by atoms with Crippen molar-refractivity contribution in [1.29, 1.82) is 0 Å². The second-order valence-corrected chi connectivity index (χ2v) is 4.56. The van der Waals surface area contributed by atoms with Crippen LogP contribution in [-0.2, 0) is 16.2 Å². The highest BCUT2D eigenvalue weighted by atomic mass is 32.2. The monoisotopic (exact) mass is 267 g/mol. The summed E-state index contributed by atoms with van der Waals surface area (Å²) in [5, 5.41) is 0. The van der Waals surface area contributed by atoms with Crippen LogP contribution in [0, 0.1) is 0 Å². The zero-order valence-corrected chi connectivity index (χ0v) is 9.09. The lowest BCUT2D eigenvalue weighted by Crippen LogP contribution is -2.25. The van der Waals surface area contributed by atoms with E-state index in [2.05, 4.69) is 4.40 Å². The number of sulfonamides is 1. The number of benzene rings is 1. The normalized spacial score (nSPS) is 12.2. The molecule has 0 heterocycles. The van der Waals surface area contributed by atoms with Gasteiger partial charge < -0.3 is 11.5 Å². The van der Waals surface area contributed by atoms with Gasteiger partial charge in [-0.15, -0.1) is 4.40 Å². The molecular formula is C8H8F3N3O2S. The van der Waals surface area contributed by atoms with Crippen LogP contribution in [0.3, 0.4) is 0 Å².